The molecule has 42 heavy (non-hydrogen) atoms. The van der Waals surface area contributed by atoms with Crippen molar-refractivity contribution in [2.45, 2.75) is 37.0 Å². The summed E-state index contributed by atoms with van der Waals surface area (Å²) < 4.78 is 76.8. The predicted molar refractivity (Wildman–Crippen MR) is 156 cm³/mol. The average molecular weight is 664 g/mol. The highest BCUT2D eigenvalue weighted by molar-refractivity contribution is 9.10. The number of carbonyl (C=O) groups excluding carboxylic acids is 1. The predicted octanol–water partition coefficient (Wildman–Crippen LogP) is 6.17. The standard InChI is InChI=1S/C30H26BrF3N2O5S/c1-3-14-35-17-24(29(38)41-2)36-27(37)26(31)23(16-19-10-6-9-18-8-4-5-13-22(18)19)25(28(36)42(35,39)40)20-11-7-12-21(15-20)30(32,33)34/h4-13,15,24H,3,14,16-17H2,1-2H3. The molecule has 4 aromatic rings. The molecular weight excluding hydrogens is 637 g/mol. The highest BCUT2D eigenvalue weighted by Crippen LogP contribution is 2.42. The number of fused-ring (bicyclic) bond motifs is 2. The Balaban J connectivity index is 1.93. The van der Waals surface area contributed by atoms with Gasteiger partial charge < -0.3 is 4.74 Å². The van der Waals surface area contributed by atoms with Gasteiger partial charge in [0.15, 0.2) is 5.03 Å². The quantitative estimate of drug-likeness (QED) is 0.231. The third-order valence-corrected chi connectivity index (χ3v) is 10.1. The summed E-state index contributed by atoms with van der Waals surface area (Å²) in [5, 5.41) is 1.19. The maximum atomic E-state index is 14.2. The lowest BCUT2D eigenvalue weighted by Gasteiger charge is -2.36. The van der Waals surface area contributed by atoms with Gasteiger partial charge >= 0.3 is 12.1 Å². The minimum Gasteiger partial charge on any atom is -0.467 e. The lowest BCUT2D eigenvalue weighted by atomic mass is 9.93. The van der Waals surface area contributed by atoms with E-state index in [4.69, 9.17) is 4.74 Å². The first-order valence-corrected chi connectivity index (χ1v) is 15.3. The molecule has 12 heteroatoms. The van der Waals surface area contributed by atoms with Crippen LogP contribution in [0.4, 0.5) is 13.2 Å². The van der Waals surface area contributed by atoms with Gasteiger partial charge in [0.25, 0.3) is 15.6 Å². The second-order valence-corrected chi connectivity index (χ2v) is 12.6. The van der Waals surface area contributed by atoms with E-state index in [0.29, 0.717) is 6.42 Å². The number of esters is 1. The summed E-state index contributed by atoms with van der Waals surface area (Å²) >= 11 is 3.35. The van der Waals surface area contributed by atoms with Crippen molar-refractivity contribution in [1.82, 2.24) is 8.87 Å². The largest absolute Gasteiger partial charge is 0.467 e. The Bertz CT molecular complexity index is 1870. The van der Waals surface area contributed by atoms with Gasteiger partial charge in [-0.2, -0.15) is 17.5 Å². The highest BCUT2D eigenvalue weighted by atomic mass is 79.9. The molecule has 1 aromatic heterocycles. The van der Waals surface area contributed by atoms with Crippen molar-refractivity contribution in [3.05, 3.63) is 98.2 Å². The van der Waals surface area contributed by atoms with E-state index in [9.17, 15) is 31.2 Å². The molecule has 3 aromatic carbocycles. The molecule has 5 rings (SSSR count). The summed E-state index contributed by atoms with van der Waals surface area (Å²) in [7, 11) is -3.33. The molecule has 0 aliphatic carbocycles. The van der Waals surface area contributed by atoms with Gasteiger partial charge in [0.2, 0.25) is 0 Å². The van der Waals surface area contributed by atoms with Crippen molar-refractivity contribution in [3.63, 3.8) is 0 Å². The first kappa shape index (κ1) is 30.0. The SMILES string of the molecule is CCCN1CC(C(=O)OC)n2c(c(-c3cccc(C(F)(F)F)c3)c(Cc3cccc4ccccc34)c(Br)c2=O)S1(=O)=O. The van der Waals surface area contributed by atoms with E-state index in [1.54, 1.807) is 6.92 Å². The fourth-order valence-electron chi connectivity index (χ4n) is 5.45. The monoisotopic (exact) mass is 662 g/mol. The molecule has 0 saturated carbocycles. The number of sulfonamides is 1. The van der Waals surface area contributed by atoms with Gasteiger partial charge in [-0.3, -0.25) is 9.36 Å². The molecule has 0 saturated heterocycles. The van der Waals surface area contributed by atoms with Crippen LogP contribution >= 0.6 is 15.9 Å². The number of carbonyl (C=O) groups is 1. The van der Waals surface area contributed by atoms with Gasteiger partial charge in [-0.1, -0.05) is 61.5 Å². The smallest absolute Gasteiger partial charge is 0.416 e. The van der Waals surface area contributed by atoms with Crippen LogP contribution in [0.25, 0.3) is 21.9 Å². The van der Waals surface area contributed by atoms with Gasteiger partial charge in [-0.05, 0) is 61.9 Å². The molecule has 0 fully saturated rings. The van der Waals surface area contributed by atoms with Crippen molar-refractivity contribution in [2.24, 2.45) is 0 Å². The number of halogens is 4. The average Bonchev–Trinajstić information content (AvgIpc) is 2.96. The Morgan fingerprint density at radius 1 is 1.07 bits per heavy atom. The first-order chi connectivity index (χ1) is 19.9. The van der Waals surface area contributed by atoms with Gasteiger partial charge in [-0.25, -0.2) is 13.2 Å². The van der Waals surface area contributed by atoms with E-state index in [2.05, 4.69) is 15.9 Å². The van der Waals surface area contributed by atoms with Crippen molar-refractivity contribution in [1.29, 1.82) is 0 Å². The number of hydrogen-bond donors (Lipinski definition) is 0. The van der Waals surface area contributed by atoms with Crippen molar-refractivity contribution < 1.29 is 31.1 Å². The summed E-state index contributed by atoms with van der Waals surface area (Å²) in [6, 6.07) is 16.0. The van der Waals surface area contributed by atoms with Crippen LogP contribution < -0.4 is 5.56 Å². The Morgan fingerprint density at radius 2 is 1.76 bits per heavy atom. The number of pyridine rings is 1. The highest BCUT2D eigenvalue weighted by Gasteiger charge is 2.44. The minimum absolute atomic E-state index is 0.0167. The molecule has 1 unspecified atom stereocenters. The molecule has 0 amide bonds. The molecular formula is C30H26BrF3N2O5S. The van der Waals surface area contributed by atoms with E-state index in [1.165, 1.54) is 12.1 Å². The number of hydrogen-bond acceptors (Lipinski definition) is 5. The molecule has 7 nitrogen and oxygen atoms in total. The van der Waals surface area contributed by atoms with Crippen molar-refractivity contribution in [3.8, 4) is 11.1 Å². The third-order valence-electron chi connectivity index (χ3n) is 7.35. The molecule has 1 aliphatic heterocycles. The van der Waals surface area contributed by atoms with Gasteiger partial charge in [-0.15, -0.1) is 0 Å². The van der Waals surface area contributed by atoms with Crippen LogP contribution in [-0.2, 0) is 32.2 Å². The summed E-state index contributed by atoms with van der Waals surface area (Å²) in [4.78, 5) is 26.9. The number of alkyl halides is 3. The van der Waals surface area contributed by atoms with E-state index in [-0.39, 0.29) is 40.7 Å². The van der Waals surface area contributed by atoms with Crippen molar-refractivity contribution in [2.75, 3.05) is 20.2 Å². The summed E-state index contributed by atoms with van der Waals surface area (Å²) in [5.74, 6) is -0.849. The summed E-state index contributed by atoms with van der Waals surface area (Å²) in [6.45, 7) is 1.43. The second kappa shape index (κ2) is 11.3. The number of aromatic nitrogens is 1. The molecule has 2 heterocycles. The van der Waals surface area contributed by atoms with Crippen LogP contribution in [0.5, 0.6) is 0 Å². The molecule has 1 atom stereocenters. The lowest BCUT2D eigenvalue weighted by molar-refractivity contribution is -0.145. The van der Waals surface area contributed by atoms with Gasteiger partial charge in [0, 0.05) is 25.1 Å². The van der Waals surface area contributed by atoms with Crippen LogP contribution in [0, 0.1) is 0 Å². The van der Waals surface area contributed by atoms with Crippen molar-refractivity contribution >= 4 is 42.7 Å². The second-order valence-electron chi connectivity index (χ2n) is 9.94. The maximum Gasteiger partial charge on any atom is 0.416 e. The Labute approximate surface area is 248 Å². The van der Waals surface area contributed by atoms with Crippen LogP contribution in [0.2, 0.25) is 0 Å². The van der Waals surface area contributed by atoms with E-state index >= 15 is 0 Å². The van der Waals surface area contributed by atoms with E-state index < -0.39 is 44.4 Å². The fourth-order valence-corrected chi connectivity index (χ4v) is 7.94. The number of nitrogens with zero attached hydrogens (tertiary/aromatic N) is 2. The van der Waals surface area contributed by atoms with Crippen LogP contribution in [-0.4, -0.2) is 43.5 Å². The molecule has 220 valence electrons. The molecule has 0 spiro atoms. The third kappa shape index (κ3) is 5.16. The Hall–Kier alpha value is -3.48. The first-order valence-electron chi connectivity index (χ1n) is 13.1. The molecule has 0 bridgehead atoms. The van der Waals surface area contributed by atoms with E-state index in [1.807, 2.05) is 42.5 Å². The van der Waals surface area contributed by atoms with Crippen LogP contribution in [0.3, 0.4) is 0 Å². The number of methoxy groups -OCH3 is 1. The summed E-state index contributed by atoms with van der Waals surface area (Å²) in [5.41, 5.74) is -1.02. The number of ether oxygens (including phenoxy) is 1. The lowest BCUT2D eigenvalue weighted by Crippen LogP contribution is -2.50. The van der Waals surface area contributed by atoms with E-state index in [0.717, 1.165) is 44.5 Å². The molecule has 0 radical (unpaired) electrons. The number of rotatable bonds is 6. The zero-order valence-corrected chi connectivity index (χ0v) is 25.0. The summed E-state index contributed by atoms with van der Waals surface area (Å²) in [6.07, 6.45) is -4.30. The zero-order valence-electron chi connectivity index (χ0n) is 22.6. The molecule has 0 N–H and O–H groups in total. The van der Waals surface area contributed by atoms with Gasteiger partial charge in [0.05, 0.1) is 17.1 Å². The minimum atomic E-state index is -4.71. The fraction of sp³-hybridized carbons (Fsp3) is 0.267. The number of benzene rings is 3. The normalized spacial score (nSPS) is 16.8. The van der Waals surface area contributed by atoms with Crippen LogP contribution in [0.1, 0.15) is 36.1 Å². The Morgan fingerprint density at radius 3 is 2.45 bits per heavy atom. The topological polar surface area (TPSA) is 85.7 Å². The molecule has 1 aliphatic rings. The Kier molecular flexibility index (Phi) is 8.08. The van der Waals surface area contributed by atoms with Gasteiger partial charge in [0.1, 0.15) is 6.04 Å². The zero-order chi connectivity index (χ0) is 30.4. The maximum absolute atomic E-state index is 14.2. The van der Waals surface area contributed by atoms with Crippen LogP contribution in [0.15, 0.2) is 81.0 Å².